The molecular weight excluding hydrogens is 368 g/mol. The summed E-state index contributed by atoms with van der Waals surface area (Å²) in [7, 11) is 0. The number of nitrogens with one attached hydrogen (secondary N) is 1. The van der Waals surface area contributed by atoms with Crippen molar-refractivity contribution in [3.63, 3.8) is 0 Å². The highest BCUT2D eigenvalue weighted by atomic mass is 35.5. The molecule has 144 valence electrons. The first kappa shape index (κ1) is 18.1. The summed E-state index contributed by atoms with van der Waals surface area (Å²) in [5, 5.41) is 11.9. The zero-order valence-corrected chi connectivity index (χ0v) is 15.9. The summed E-state index contributed by atoms with van der Waals surface area (Å²) in [5.41, 5.74) is 0.462. The average molecular weight is 391 g/mol. The van der Waals surface area contributed by atoms with Crippen molar-refractivity contribution < 1.29 is 14.3 Å². The van der Waals surface area contributed by atoms with Gasteiger partial charge in [0.25, 0.3) is 5.91 Å². The number of rotatable bonds is 4. The van der Waals surface area contributed by atoms with E-state index in [1.165, 1.54) is 12.8 Å². The maximum absolute atomic E-state index is 12.5. The highest BCUT2D eigenvalue weighted by Crippen LogP contribution is 2.37. The zero-order valence-electron chi connectivity index (χ0n) is 15.2. The van der Waals surface area contributed by atoms with Gasteiger partial charge in [-0.2, -0.15) is 0 Å². The molecular formula is C19H23ClN4O3. The Labute approximate surface area is 163 Å². The molecule has 0 saturated carbocycles. The predicted molar refractivity (Wildman–Crippen MR) is 101 cm³/mol. The van der Waals surface area contributed by atoms with Gasteiger partial charge in [-0.3, -0.25) is 4.79 Å². The number of fused-ring (bicyclic) bond motifs is 2. The van der Waals surface area contributed by atoms with Gasteiger partial charge >= 0.3 is 0 Å². The highest BCUT2D eigenvalue weighted by Gasteiger charge is 2.19. The van der Waals surface area contributed by atoms with Gasteiger partial charge in [-0.1, -0.05) is 18.0 Å². The Morgan fingerprint density at radius 3 is 2.96 bits per heavy atom. The van der Waals surface area contributed by atoms with Gasteiger partial charge < -0.3 is 19.4 Å². The number of halogens is 1. The molecule has 8 heteroatoms. The molecule has 0 atom stereocenters. The minimum Gasteiger partial charge on any atom is -0.489 e. The number of carbonyl (C=O) groups is 1. The number of aryl methyl sites for hydroxylation is 1. The van der Waals surface area contributed by atoms with Crippen LogP contribution in [-0.2, 0) is 19.4 Å². The first-order chi connectivity index (χ1) is 13.2. The van der Waals surface area contributed by atoms with E-state index >= 15 is 0 Å². The number of ether oxygens (including phenoxy) is 2. The summed E-state index contributed by atoms with van der Waals surface area (Å²) in [6, 6.07) is 3.30. The summed E-state index contributed by atoms with van der Waals surface area (Å²) in [6.07, 6.45) is 5.96. The van der Waals surface area contributed by atoms with E-state index in [0.717, 1.165) is 37.5 Å². The molecule has 0 bridgehead atoms. The third-order valence-corrected chi connectivity index (χ3v) is 5.17. The van der Waals surface area contributed by atoms with Gasteiger partial charge in [0, 0.05) is 37.9 Å². The molecule has 1 aromatic carbocycles. The van der Waals surface area contributed by atoms with Gasteiger partial charge in [-0.25, -0.2) is 0 Å². The van der Waals surface area contributed by atoms with Crippen LogP contribution in [0.5, 0.6) is 11.5 Å². The van der Waals surface area contributed by atoms with Crippen molar-refractivity contribution in [2.24, 2.45) is 0 Å². The molecule has 2 aliphatic heterocycles. The van der Waals surface area contributed by atoms with Crippen LogP contribution in [0.4, 0.5) is 0 Å². The lowest BCUT2D eigenvalue weighted by atomic mass is 10.2. The van der Waals surface area contributed by atoms with Gasteiger partial charge in [0.2, 0.25) is 0 Å². The molecule has 0 fully saturated rings. The summed E-state index contributed by atoms with van der Waals surface area (Å²) in [4.78, 5) is 12.5. The third kappa shape index (κ3) is 4.03. The Kier molecular flexibility index (Phi) is 5.48. The lowest BCUT2D eigenvalue weighted by molar-refractivity contribution is 0.0953. The molecule has 0 spiro atoms. The Morgan fingerprint density at radius 1 is 1.15 bits per heavy atom. The second-order valence-electron chi connectivity index (χ2n) is 6.84. The van der Waals surface area contributed by atoms with Crippen molar-refractivity contribution in [1.29, 1.82) is 0 Å². The summed E-state index contributed by atoms with van der Waals surface area (Å²) in [6.45, 7) is 2.56. The molecule has 1 aromatic heterocycles. The normalized spacial score (nSPS) is 16.2. The second kappa shape index (κ2) is 8.17. The average Bonchev–Trinajstić information content (AvgIpc) is 2.86. The minimum atomic E-state index is -0.192. The summed E-state index contributed by atoms with van der Waals surface area (Å²) in [5.74, 6) is 2.83. The molecule has 0 aliphatic carbocycles. The molecule has 27 heavy (non-hydrogen) atoms. The number of benzene rings is 1. The van der Waals surface area contributed by atoms with Crippen molar-refractivity contribution in [2.45, 2.75) is 45.1 Å². The van der Waals surface area contributed by atoms with Gasteiger partial charge in [-0.05, 0) is 25.0 Å². The maximum atomic E-state index is 12.5. The Bertz CT molecular complexity index is 837. The standard InChI is InChI=1S/C19H23ClN4O3/c20-14-11-13(12-15-18(14)27-10-4-9-26-15)19(25)21-7-6-17-23-22-16-5-2-1-3-8-24(16)17/h11-12H,1-10H2,(H,21,25). The van der Waals surface area contributed by atoms with Crippen LogP contribution >= 0.6 is 11.6 Å². The van der Waals surface area contributed by atoms with Gasteiger partial charge in [0.15, 0.2) is 11.5 Å². The van der Waals surface area contributed by atoms with Gasteiger partial charge in [0.05, 0.1) is 18.2 Å². The molecule has 2 aliphatic rings. The van der Waals surface area contributed by atoms with E-state index in [1.807, 2.05) is 0 Å². The van der Waals surface area contributed by atoms with Crippen molar-refractivity contribution >= 4 is 17.5 Å². The fourth-order valence-electron chi connectivity index (χ4n) is 3.48. The molecule has 3 heterocycles. The lowest BCUT2D eigenvalue weighted by Crippen LogP contribution is -2.26. The molecule has 1 amide bonds. The Morgan fingerprint density at radius 2 is 2.04 bits per heavy atom. The van der Waals surface area contributed by atoms with E-state index in [4.69, 9.17) is 21.1 Å². The number of amides is 1. The van der Waals surface area contributed by atoms with Crippen molar-refractivity contribution in [3.8, 4) is 11.5 Å². The van der Waals surface area contributed by atoms with Crippen LogP contribution in [0.1, 0.15) is 47.7 Å². The molecule has 0 unspecified atom stereocenters. The van der Waals surface area contributed by atoms with Gasteiger partial charge in [0.1, 0.15) is 11.6 Å². The predicted octanol–water partition coefficient (Wildman–Crippen LogP) is 2.79. The van der Waals surface area contributed by atoms with E-state index in [0.29, 0.717) is 48.3 Å². The molecule has 7 nitrogen and oxygen atoms in total. The van der Waals surface area contributed by atoms with Crippen molar-refractivity contribution in [3.05, 3.63) is 34.4 Å². The summed E-state index contributed by atoms with van der Waals surface area (Å²) >= 11 is 6.27. The smallest absolute Gasteiger partial charge is 0.251 e. The van der Waals surface area contributed by atoms with E-state index < -0.39 is 0 Å². The number of aromatic nitrogens is 3. The van der Waals surface area contributed by atoms with Gasteiger partial charge in [-0.15, -0.1) is 10.2 Å². The first-order valence-electron chi connectivity index (χ1n) is 9.50. The van der Waals surface area contributed by atoms with Crippen LogP contribution in [0.2, 0.25) is 5.02 Å². The monoisotopic (exact) mass is 390 g/mol. The SMILES string of the molecule is O=C(NCCc1nnc2n1CCCCC2)c1cc(Cl)c2c(c1)OCCCO2. The number of nitrogens with zero attached hydrogens (tertiary/aromatic N) is 3. The Hall–Kier alpha value is -2.28. The molecule has 4 rings (SSSR count). The number of hydrogen-bond donors (Lipinski definition) is 1. The fourth-order valence-corrected chi connectivity index (χ4v) is 3.75. The van der Waals surface area contributed by atoms with E-state index in [1.54, 1.807) is 12.1 Å². The van der Waals surface area contributed by atoms with Crippen molar-refractivity contribution in [1.82, 2.24) is 20.1 Å². The minimum absolute atomic E-state index is 0.192. The topological polar surface area (TPSA) is 78.3 Å². The van der Waals surface area contributed by atoms with Crippen LogP contribution in [0, 0.1) is 0 Å². The second-order valence-corrected chi connectivity index (χ2v) is 7.24. The van der Waals surface area contributed by atoms with Crippen LogP contribution in [0.15, 0.2) is 12.1 Å². The molecule has 1 N–H and O–H groups in total. The van der Waals surface area contributed by atoms with E-state index in [2.05, 4.69) is 20.1 Å². The quantitative estimate of drug-likeness (QED) is 0.868. The van der Waals surface area contributed by atoms with E-state index in [-0.39, 0.29) is 5.91 Å². The van der Waals surface area contributed by atoms with E-state index in [9.17, 15) is 4.79 Å². The highest BCUT2D eigenvalue weighted by molar-refractivity contribution is 6.32. The van der Waals surface area contributed by atoms with Crippen LogP contribution in [-0.4, -0.2) is 40.4 Å². The fraction of sp³-hybridized carbons (Fsp3) is 0.526. The molecule has 0 radical (unpaired) electrons. The first-order valence-corrected chi connectivity index (χ1v) is 9.88. The zero-order chi connectivity index (χ0) is 18.6. The van der Waals surface area contributed by atoms with Crippen LogP contribution < -0.4 is 14.8 Å². The maximum Gasteiger partial charge on any atom is 0.251 e. The number of hydrogen-bond acceptors (Lipinski definition) is 5. The number of carbonyl (C=O) groups excluding carboxylic acids is 1. The Balaban J connectivity index is 1.39. The van der Waals surface area contributed by atoms with Crippen LogP contribution in [0.3, 0.4) is 0 Å². The molecule has 2 aromatic rings. The summed E-state index contributed by atoms with van der Waals surface area (Å²) < 4.78 is 13.4. The lowest BCUT2D eigenvalue weighted by Gasteiger charge is -2.12. The largest absolute Gasteiger partial charge is 0.489 e. The third-order valence-electron chi connectivity index (χ3n) is 4.88. The van der Waals surface area contributed by atoms with Crippen LogP contribution in [0.25, 0.3) is 0 Å². The molecule has 0 saturated heterocycles. The van der Waals surface area contributed by atoms with Crippen molar-refractivity contribution in [2.75, 3.05) is 19.8 Å².